The highest BCUT2D eigenvalue weighted by atomic mass is 16.1. The van der Waals surface area contributed by atoms with E-state index >= 15 is 0 Å². The third-order valence-electron chi connectivity index (χ3n) is 3.53. The molecule has 0 saturated heterocycles. The molecule has 0 saturated carbocycles. The number of H-pyrrole nitrogens is 1. The number of para-hydroxylation sites is 1. The van der Waals surface area contributed by atoms with Gasteiger partial charge in [-0.25, -0.2) is 4.98 Å². The summed E-state index contributed by atoms with van der Waals surface area (Å²) in [5.41, 5.74) is 9.14. The van der Waals surface area contributed by atoms with Crippen molar-refractivity contribution in [3.05, 3.63) is 53.6 Å². The van der Waals surface area contributed by atoms with Crippen molar-refractivity contribution in [3.8, 4) is 0 Å². The molecule has 111 valence electrons. The van der Waals surface area contributed by atoms with E-state index in [-0.39, 0.29) is 0 Å². The first-order valence-corrected chi connectivity index (χ1v) is 7.12. The molecule has 1 radical (unpaired) electrons. The first kappa shape index (κ1) is 14.1. The number of amides is 1. The molecule has 1 amide bonds. The molecule has 0 aliphatic heterocycles. The van der Waals surface area contributed by atoms with Crippen molar-refractivity contribution in [3.63, 3.8) is 0 Å². The largest absolute Gasteiger partial charge is 0.366 e. The van der Waals surface area contributed by atoms with Crippen molar-refractivity contribution >= 4 is 28.6 Å². The summed E-state index contributed by atoms with van der Waals surface area (Å²) in [6, 6.07) is 14.4. The number of aromatic nitrogens is 2. The molecule has 0 atom stereocenters. The van der Waals surface area contributed by atoms with E-state index in [1.165, 1.54) is 5.56 Å². The molecule has 22 heavy (non-hydrogen) atoms. The average molecular weight is 293 g/mol. The molecule has 1 aromatic heterocycles. The Hall–Kier alpha value is -2.82. The quantitative estimate of drug-likeness (QED) is 0.690. The van der Waals surface area contributed by atoms with E-state index in [2.05, 4.69) is 41.3 Å². The number of anilines is 2. The van der Waals surface area contributed by atoms with Crippen LogP contribution in [0.5, 0.6) is 0 Å². The maximum absolute atomic E-state index is 11.4. The number of carbonyl (C=O) groups excluding carboxylic acids is 1. The summed E-state index contributed by atoms with van der Waals surface area (Å²) in [6.07, 6.45) is 0. The van der Waals surface area contributed by atoms with Gasteiger partial charge < -0.3 is 16.0 Å². The van der Waals surface area contributed by atoms with Crippen LogP contribution in [0, 0.1) is 6.07 Å². The van der Waals surface area contributed by atoms with Gasteiger partial charge in [0.15, 0.2) is 0 Å². The average Bonchev–Trinajstić information content (AvgIpc) is 2.89. The normalized spacial score (nSPS) is 11.0. The number of imidazole rings is 1. The first-order valence-electron chi connectivity index (χ1n) is 7.12. The Labute approximate surface area is 128 Å². The molecule has 1 heterocycles. The molecule has 0 bridgehead atoms. The van der Waals surface area contributed by atoms with Gasteiger partial charge in [0.2, 0.25) is 5.95 Å². The first-order chi connectivity index (χ1) is 10.6. The minimum atomic E-state index is -0.525. The van der Waals surface area contributed by atoms with Crippen LogP contribution in [-0.4, -0.2) is 15.9 Å². The molecule has 4 N–H and O–H groups in total. The lowest BCUT2D eigenvalue weighted by Crippen LogP contribution is -2.11. The fourth-order valence-corrected chi connectivity index (χ4v) is 2.47. The Morgan fingerprint density at radius 1 is 1.32 bits per heavy atom. The number of nitrogens with two attached hydrogens (primary N) is 1. The molecule has 5 nitrogen and oxygen atoms in total. The summed E-state index contributed by atoms with van der Waals surface area (Å²) < 4.78 is 0. The predicted octanol–water partition coefficient (Wildman–Crippen LogP) is 3.33. The van der Waals surface area contributed by atoms with Crippen molar-refractivity contribution in [1.82, 2.24) is 9.97 Å². The van der Waals surface area contributed by atoms with Crippen LogP contribution in [-0.2, 0) is 0 Å². The fraction of sp³-hybridized carbons (Fsp3) is 0.176. The Kier molecular flexibility index (Phi) is 3.55. The van der Waals surface area contributed by atoms with Gasteiger partial charge in [0.05, 0.1) is 16.6 Å². The van der Waals surface area contributed by atoms with Crippen molar-refractivity contribution in [2.45, 2.75) is 19.8 Å². The summed E-state index contributed by atoms with van der Waals surface area (Å²) in [5.74, 6) is 0.441. The molecular weight excluding hydrogens is 276 g/mol. The number of primary amides is 1. The maximum atomic E-state index is 11.4. The van der Waals surface area contributed by atoms with Crippen molar-refractivity contribution in [2.75, 3.05) is 5.32 Å². The van der Waals surface area contributed by atoms with Crippen LogP contribution >= 0.6 is 0 Å². The smallest absolute Gasteiger partial charge is 0.251 e. The minimum Gasteiger partial charge on any atom is -0.366 e. The van der Waals surface area contributed by atoms with Crippen LogP contribution in [0.4, 0.5) is 11.6 Å². The topological polar surface area (TPSA) is 83.8 Å². The van der Waals surface area contributed by atoms with Crippen LogP contribution in [0.3, 0.4) is 0 Å². The third kappa shape index (κ3) is 2.53. The van der Waals surface area contributed by atoms with E-state index in [9.17, 15) is 4.79 Å². The number of nitrogens with zero attached hydrogens (tertiary/aromatic N) is 1. The van der Waals surface area contributed by atoms with E-state index in [1.807, 2.05) is 18.2 Å². The van der Waals surface area contributed by atoms with E-state index < -0.39 is 5.91 Å². The summed E-state index contributed by atoms with van der Waals surface area (Å²) >= 11 is 0. The number of fused-ring (bicyclic) bond motifs is 1. The lowest BCUT2D eigenvalue weighted by molar-refractivity contribution is 0.100. The second-order valence-corrected chi connectivity index (χ2v) is 5.43. The summed E-state index contributed by atoms with van der Waals surface area (Å²) in [7, 11) is 0. The fourth-order valence-electron chi connectivity index (χ4n) is 2.47. The monoisotopic (exact) mass is 293 g/mol. The van der Waals surface area contributed by atoms with Crippen LogP contribution in [0.1, 0.15) is 35.7 Å². The maximum Gasteiger partial charge on any atom is 0.251 e. The highest BCUT2D eigenvalue weighted by Crippen LogP contribution is 2.27. The molecule has 0 aliphatic rings. The molecule has 3 rings (SSSR count). The Bertz CT molecular complexity index is 836. The zero-order valence-corrected chi connectivity index (χ0v) is 12.5. The van der Waals surface area contributed by atoms with Gasteiger partial charge in [-0.3, -0.25) is 4.79 Å². The number of rotatable bonds is 4. The van der Waals surface area contributed by atoms with Gasteiger partial charge in [-0.15, -0.1) is 0 Å². The van der Waals surface area contributed by atoms with Crippen LogP contribution in [0.25, 0.3) is 11.0 Å². The molecule has 0 spiro atoms. The predicted molar refractivity (Wildman–Crippen MR) is 87.3 cm³/mol. The second-order valence-electron chi connectivity index (χ2n) is 5.43. The van der Waals surface area contributed by atoms with E-state index in [4.69, 9.17) is 5.73 Å². The number of hydrogen-bond acceptors (Lipinski definition) is 3. The number of aromatic amines is 1. The number of carbonyl (C=O) groups is 1. The van der Waals surface area contributed by atoms with E-state index in [0.29, 0.717) is 28.5 Å². The molecule has 3 aromatic rings. The van der Waals surface area contributed by atoms with Gasteiger partial charge >= 0.3 is 0 Å². The molecule has 0 aliphatic carbocycles. The standard InChI is InChI=1S/C17H17N4O/c1-10(2)11-6-3-4-8-13(11)19-17-20-14-9-5-7-12(16(18)22)15(14)21-17/h3-6,8-10H,1-2H3,(H2,18,22)(H2,19,20,21). The molecule has 2 aromatic carbocycles. The van der Waals surface area contributed by atoms with Crippen molar-refractivity contribution in [2.24, 2.45) is 5.73 Å². The SMILES string of the molecule is CC(C)c1ccccc1Nc1nc2cc[c]c(C(N)=O)c2[nH]1. The molecule has 0 fully saturated rings. The minimum absolute atomic E-state index is 0.315. The Morgan fingerprint density at radius 2 is 2.09 bits per heavy atom. The second kappa shape index (κ2) is 5.52. The highest BCUT2D eigenvalue weighted by molar-refractivity contribution is 6.04. The molecular formula is C17H17N4O. The molecule has 0 unspecified atom stereocenters. The summed E-state index contributed by atoms with van der Waals surface area (Å²) in [5, 5.41) is 3.28. The van der Waals surface area contributed by atoms with Crippen LogP contribution < -0.4 is 11.1 Å². The van der Waals surface area contributed by atoms with Crippen LogP contribution in [0.2, 0.25) is 0 Å². The van der Waals surface area contributed by atoms with Gasteiger partial charge in [0.25, 0.3) is 5.91 Å². The number of hydrogen-bond donors (Lipinski definition) is 3. The van der Waals surface area contributed by atoms with Crippen LogP contribution in [0.15, 0.2) is 36.4 Å². The van der Waals surface area contributed by atoms with Gasteiger partial charge in [-0.2, -0.15) is 0 Å². The summed E-state index contributed by atoms with van der Waals surface area (Å²) in [4.78, 5) is 19.0. The zero-order valence-electron chi connectivity index (χ0n) is 12.5. The Morgan fingerprint density at radius 3 is 2.82 bits per heavy atom. The third-order valence-corrected chi connectivity index (χ3v) is 3.53. The van der Waals surface area contributed by atoms with Crippen molar-refractivity contribution < 1.29 is 4.79 Å². The summed E-state index contributed by atoms with van der Waals surface area (Å²) in [6.45, 7) is 4.28. The van der Waals surface area contributed by atoms with E-state index in [0.717, 1.165) is 5.69 Å². The highest BCUT2D eigenvalue weighted by Gasteiger charge is 2.12. The van der Waals surface area contributed by atoms with Gasteiger partial charge in [0.1, 0.15) is 0 Å². The van der Waals surface area contributed by atoms with Gasteiger partial charge in [0, 0.05) is 5.69 Å². The number of benzene rings is 2. The van der Waals surface area contributed by atoms with E-state index in [1.54, 1.807) is 12.1 Å². The zero-order chi connectivity index (χ0) is 15.7. The Balaban J connectivity index is 2.02. The lowest BCUT2D eigenvalue weighted by Gasteiger charge is -2.12. The number of nitrogens with one attached hydrogen (secondary N) is 2. The van der Waals surface area contributed by atoms with Gasteiger partial charge in [-0.1, -0.05) is 38.1 Å². The van der Waals surface area contributed by atoms with Crippen molar-refractivity contribution in [1.29, 1.82) is 0 Å². The lowest BCUT2D eigenvalue weighted by atomic mass is 10.0. The van der Waals surface area contributed by atoms with Gasteiger partial charge in [-0.05, 0) is 29.7 Å². The molecule has 5 heteroatoms.